The van der Waals surface area contributed by atoms with Gasteiger partial charge in [-0.25, -0.2) is 14.6 Å². The first-order chi connectivity index (χ1) is 14.9. The van der Waals surface area contributed by atoms with E-state index in [4.69, 9.17) is 9.47 Å². The van der Waals surface area contributed by atoms with Crippen LogP contribution in [-0.2, 0) is 14.3 Å². The fourth-order valence-corrected chi connectivity index (χ4v) is 4.16. The Morgan fingerprint density at radius 1 is 1.16 bits per heavy atom. The van der Waals surface area contributed by atoms with Crippen LogP contribution in [0.25, 0.3) is 0 Å². The lowest BCUT2D eigenvalue weighted by molar-refractivity contribution is -0.138. The molecule has 0 saturated carbocycles. The molecule has 0 unspecified atom stereocenters. The highest BCUT2D eigenvalue weighted by Gasteiger charge is 2.36. The Balaban J connectivity index is 2.16. The average molecular weight is 444 g/mol. The molecule has 9 heteroatoms. The number of anilines is 1. The van der Waals surface area contributed by atoms with Crippen LogP contribution in [-0.4, -0.2) is 41.4 Å². The third-order valence-electron chi connectivity index (χ3n) is 4.82. The number of hydrogen-bond acceptors (Lipinski definition) is 8. The summed E-state index contributed by atoms with van der Waals surface area (Å²) < 4.78 is 10.0. The van der Waals surface area contributed by atoms with E-state index in [0.29, 0.717) is 38.9 Å². The minimum atomic E-state index is -0.691. The van der Waals surface area contributed by atoms with Crippen molar-refractivity contribution in [1.82, 2.24) is 9.97 Å². The Morgan fingerprint density at radius 2 is 1.87 bits per heavy atom. The summed E-state index contributed by atoms with van der Waals surface area (Å²) in [5.74, 6) is -0.433. The summed E-state index contributed by atoms with van der Waals surface area (Å²) in [6, 6.07) is 6.62. The summed E-state index contributed by atoms with van der Waals surface area (Å²) in [6.45, 7) is 5.74. The second-order valence-corrected chi connectivity index (χ2v) is 8.00. The van der Waals surface area contributed by atoms with Crippen molar-refractivity contribution in [1.29, 1.82) is 0 Å². The van der Waals surface area contributed by atoms with E-state index >= 15 is 0 Å². The number of rotatable bonds is 7. The van der Waals surface area contributed by atoms with Gasteiger partial charge < -0.3 is 19.8 Å². The summed E-state index contributed by atoms with van der Waals surface area (Å²) >= 11 is 1.46. The monoisotopic (exact) mass is 443 g/mol. The van der Waals surface area contributed by atoms with Crippen molar-refractivity contribution in [3.8, 4) is 0 Å². The minimum Gasteiger partial charge on any atom is -0.465 e. The van der Waals surface area contributed by atoms with E-state index in [2.05, 4.69) is 15.3 Å². The largest absolute Gasteiger partial charge is 0.465 e. The van der Waals surface area contributed by atoms with Crippen molar-refractivity contribution < 1.29 is 19.1 Å². The van der Waals surface area contributed by atoms with Gasteiger partial charge in [0.2, 0.25) is 0 Å². The van der Waals surface area contributed by atoms with Gasteiger partial charge in [-0.15, -0.1) is 0 Å². The van der Waals surface area contributed by atoms with Crippen molar-refractivity contribution >= 4 is 29.5 Å². The molecule has 0 radical (unpaired) electrons. The van der Waals surface area contributed by atoms with Gasteiger partial charge in [-0.2, -0.15) is 0 Å². The van der Waals surface area contributed by atoms with Gasteiger partial charge >= 0.3 is 11.9 Å². The molecule has 1 aromatic heterocycles. The Hall–Kier alpha value is -3.07. The number of thioether (sulfide) groups is 1. The van der Waals surface area contributed by atoms with Crippen LogP contribution in [0.1, 0.15) is 54.6 Å². The Morgan fingerprint density at radius 3 is 2.48 bits per heavy atom. The Labute approximate surface area is 184 Å². The van der Waals surface area contributed by atoms with E-state index in [1.54, 1.807) is 38.1 Å². The molecule has 3 rings (SSSR count). The van der Waals surface area contributed by atoms with Gasteiger partial charge in [0.05, 0.1) is 36.3 Å². The summed E-state index contributed by atoms with van der Waals surface area (Å²) in [4.78, 5) is 45.1. The molecule has 1 aliphatic rings. The maximum atomic E-state index is 13.1. The molecule has 0 aliphatic carbocycles. The normalized spacial score (nSPS) is 15.2. The standard InChI is InChI=1S/C22H25N3O5S/c1-5-11-31-22-24-18-17(19(26)25-22)16(15(12(3)23-18)21(28)30-6-2)13-7-9-14(10-8-13)20(27)29-4/h7-10,16H,5-6,11H2,1-4H3,(H2,23,24,25,26)/t16-/m1/s1. The second kappa shape index (κ2) is 9.82. The van der Waals surface area contributed by atoms with E-state index in [0.717, 1.165) is 12.2 Å². The molecule has 2 N–H and O–H groups in total. The number of ether oxygens (including phenoxy) is 2. The number of benzene rings is 1. The van der Waals surface area contributed by atoms with Crippen LogP contribution in [0, 0.1) is 0 Å². The van der Waals surface area contributed by atoms with Crippen LogP contribution in [0.5, 0.6) is 0 Å². The fraction of sp³-hybridized carbons (Fsp3) is 0.364. The van der Waals surface area contributed by atoms with Crippen molar-refractivity contribution in [2.45, 2.75) is 38.3 Å². The topological polar surface area (TPSA) is 110 Å². The van der Waals surface area contributed by atoms with Gasteiger partial charge in [-0.3, -0.25) is 4.79 Å². The molecule has 2 aromatic rings. The van der Waals surface area contributed by atoms with Gasteiger partial charge in [0.1, 0.15) is 5.82 Å². The molecule has 0 saturated heterocycles. The fourth-order valence-electron chi connectivity index (χ4n) is 3.44. The Bertz CT molecular complexity index is 1080. The molecule has 2 heterocycles. The molecule has 8 nitrogen and oxygen atoms in total. The first kappa shape index (κ1) is 22.6. The van der Waals surface area contributed by atoms with Crippen molar-refractivity contribution in [2.75, 3.05) is 24.8 Å². The number of aromatic amines is 1. The van der Waals surface area contributed by atoms with Crippen molar-refractivity contribution in [2.24, 2.45) is 0 Å². The first-order valence-corrected chi connectivity index (χ1v) is 11.0. The third kappa shape index (κ3) is 4.66. The van der Waals surface area contributed by atoms with Crippen molar-refractivity contribution in [3.05, 3.63) is 62.6 Å². The van der Waals surface area contributed by atoms with E-state index in [-0.39, 0.29) is 12.2 Å². The van der Waals surface area contributed by atoms with Crippen molar-refractivity contribution in [3.63, 3.8) is 0 Å². The number of nitrogens with zero attached hydrogens (tertiary/aromatic N) is 1. The van der Waals surface area contributed by atoms with Crippen LogP contribution < -0.4 is 10.9 Å². The summed E-state index contributed by atoms with van der Waals surface area (Å²) in [6.07, 6.45) is 0.944. The van der Waals surface area contributed by atoms with Crippen LogP contribution in [0.4, 0.5) is 5.82 Å². The number of carbonyl (C=O) groups is 2. The zero-order chi connectivity index (χ0) is 22.5. The molecule has 1 aliphatic heterocycles. The number of allylic oxidation sites excluding steroid dienone is 1. The molecular weight excluding hydrogens is 418 g/mol. The highest BCUT2D eigenvalue weighted by atomic mass is 32.2. The zero-order valence-electron chi connectivity index (χ0n) is 17.9. The lowest BCUT2D eigenvalue weighted by atomic mass is 9.82. The first-order valence-electron chi connectivity index (χ1n) is 10.0. The lowest BCUT2D eigenvalue weighted by Gasteiger charge is -2.28. The van der Waals surface area contributed by atoms with E-state index in [1.165, 1.54) is 18.9 Å². The second-order valence-electron chi connectivity index (χ2n) is 6.91. The van der Waals surface area contributed by atoms with E-state index in [1.807, 2.05) is 6.92 Å². The predicted molar refractivity (Wildman–Crippen MR) is 118 cm³/mol. The van der Waals surface area contributed by atoms with E-state index < -0.39 is 17.9 Å². The highest BCUT2D eigenvalue weighted by Crippen LogP contribution is 2.40. The SMILES string of the molecule is CCCSc1nc2c(c(=O)[nH]1)[C@H](c1ccc(C(=O)OC)cc1)C(C(=O)OCC)=C(C)N2. The molecule has 164 valence electrons. The molecular formula is C22H25N3O5S. The molecule has 1 aromatic carbocycles. The van der Waals surface area contributed by atoms with Crippen LogP contribution in [0.15, 0.2) is 45.5 Å². The predicted octanol–water partition coefficient (Wildman–Crippen LogP) is 3.45. The maximum absolute atomic E-state index is 13.1. The molecule has 0 amide bonds. The number of methoxy groups -OCH3 is 1. The zero-order valence-corrected chi connectivity index (χ0v) is 18.7. The molecule has 31 heavy (non-hydrogen) atoms. The number of H-pyrrole nitrogens is 1. The van der Waals surface area contributed by atoms with Gasteiger partial charge in [0, 0.05) is 11.4 Å². The lowest BCUT2D eigenvalue weighted by Crippen LogP contribution is -2.31. The molecule has 0 bridgehead atoms. The van der Waals surface area contributed by atoms with Gasteiger partial charge in [-0.1, -0.05) is 30.8 Å². The summed E-state index contributed by atoms with van der Waals surface area (Å²) in [5, 5.41) is 3.62. The number of fused-ring (bicyclic) bond motifs is 1. The number of hydrogen-bond donors (Lipinski definition) is 2. The minimum absolute atomic E-state index is 0.206. The smallest absolute Gasteiger partial charge is 0.337 e. The average Bonchev–Trinajstić information content (AvgIpc) is 2.76. The third-order valence-corrected chi connectivity index (χ3v) is 5.90. The van der Waals surface area contributed by atoms with Crippen LogP contribution >= 0.6 is 11.8 Å². The number of aromatic nitrogens is 2. The molecule has 1 atom stereocenters. The number of esters is 2. The number of carbonyl (C=O) groups excluding carboxylic acids is 2. The van der Waals surface area contributed by atoms with Crippen LogP contribution in [0.3, 0.4) is 0 Å². The van der Waals surface area contributed by atoms with Gasteiger partial charge in [0.15, 0.2) is 5.16 Å². The van der Waals surface area contributed by atoms with Gasteiger partial charge in [0.25, 0.3) is 5.56 Å². The molecule has 0 spiro atoms. The number of nitrogens with one attached hydrogen (secondary N) is 2. The quantitative estimate of drug-likeness (QED) is 0.380. The highest BCUT2D eigenvalue weighted by molar-refractivity contribution is 7.99. The van der Waals surface area contributed by atoms with E-state index in [9.17, 15) is 14.4 Å². The molecule has 0 fully saturated rings. The van der Waals surface area contributed by atoms with Crippen LogP contribution in [0.2, 0.25) is 0 Å². The summed E-state index contributed by atoms with van der Waals surface area (Å²) in [5.41, 5.74) is 1.95. The summed E-state index contributed by atoms with van der Waals surface area (Å²) in [7, 11) is 1.31. The Kier molecular flexibility index (Phi) is 7.17. The maximum Gasteiger partial charge on any atom is 0.337 e. The van der Waals surface area contributed by atoms with Gasteiger partial charge in [-0.05, 0) is 38.0 Å².